The molecule has 2 aliphatic rings. The number of nitrogens with one attached hydrogen (secondary N) is 1. The molecule has 0 saturated carbocycles. The minimum absolute atomic E-state index is 0.230. The molecule has 20 nitrogen and oxygen atoms in total. The highest BCUT2D eigenvalue weighted by Gasteiger charge is 2.45. The molecule has 1 aromatic heterocycles. The molecule has 0 spiro atoms. The van der Waals surface area contributed by atoms with E-state index in [0.29, 0.717) is 11.5 Å². The normalized spacial score (nSPS) is 28.7. The van der Waals surface area contributed by atoms with E-state index < -0.39 is 62.5 Å². The number of anilines is 1. The maximum atomic E-state index is 11.9. The van der Waals surface area contributed by atoms with Crippen LogP contribution in [0.25, 0.3) is 0 Å². The number of phosphoric acid groups is 4. The Labute approximate surface area is 189 Å². The molecule has 3 heterocycles. The third-order valence-corrected chi connectivity index (χ3v) is 8.47. The zero-order chi connectivity index (χ0) is 25.5. The van der Waals surface area contributed by atoms with Crippen LogP contribution in [0.4, 0.5) is 5.82 Å². The van der Waals surface area contributed by atoms with E-state index >= 15 is 0 Å². The van der Waals surface area contributed by atoms with Crippen molar-refractivity contribution in [2.45, 2.75) is 31.0 Å². The zero-order valence-corrected chi connectivity index (χ0v) is 20.0. The quantitative estimate of drug-likeness (QED) is 0.162. The second-order valence-corrected chi connectivity index (χ2v) is 12.3. The second-order valence-electron chi connectivity index (χ2n) is 6.64. The Balaban J connectivity index is 1.73. The number of ether oxygens (including phenoxy) is 1. The largest absolute Gasteiger partial charge is 0.490 e. The first-order valence-electron chi connectivity index (χ1n) is 8.73. The molecule has 34 heavy (non-hydrogen) atoms. The molecule has 0 bridgehead atoms. The molecule has 0 amide bonds. The molecule has 3 rings (SSSR count). The molecular weight excluding hydrogens is 554 g/mol. The summed E-state index contributed by atoms with van der Waals surface area (Å²) < 4.78 is 68.7. The topological polar surface area (TPSA) is 304 Å². The SMILES string of the molecule is NC1N=CNc2c1ncn2[C@H]1C[C@H](OP(=O)(O)O)[C@@H](COP(=O)(O)OP(=O)(O)OP(=O)(O)O)O1. The first-order chi connectivity index (χ1) is 15.4. The molecule has 1 saturated heterocycles. The number of hydrogen-bond acceptors (Lipinski definition) is 13. The third kappa shape index (κ3) is 7.56. The molecule has 0 aliphatic carbocycles. The summed E-state index contributed by atoms with van der Waals surface area (Å²) in [5, 5.41) is 2.78. The van der Waals surface area contributed by atoms with Crippen molar-refractivity contribution in [3.8, 4) is 0 Å². The van der Waals surface area contributed by atoms with Crippen molar-refractivity contribution >= 4 is 43.4 Å². The molecule has 3 unspecified atom stereocenters. The summed E-state index contributed by atoms with van der Waals surface area (Å²) in [7, 11) is -21.9. The van der Waals surface area contributed by atoms with Crippen LogP contribution in [0.15, 0.2) is 11.3 Å². The number of rotatable bonds is 10. The van der Waals surface area contributed by atoms with Crippen LogP contribution in [-0.2, 0) is 40.7 Å². The van der Waals surface area contributed by atoms with Gasteiger partial charge in [0.2, 0.25) is 0 Å². The Kier molecular flexibility index (Phi) is 8.05. The van der Waals surface area contributed by atoms with E-state index in [9.17, 15) is 28.0 Å². The van der Waals surface area contributed by atoms with Gasteiger partial charge in [-0.1, -0.05) is 0 Å². The van der Waals surface area contributed by atoms with E-state index in [1.54, 1.807) is 0 Å². The van der Waals surface area contributed by atoms with Gasteiger partial charge in [0.05, 0.1) is 19.3 Å². The highest BCUT2D eigenvalue weighted by molar-refractivity contribution is 7.66. The van der Waals surface area contributed by atoms with E-state index in [0.717, 1.165) is 0 Å². The number of phosphoric ester groups is 2. The van der Waals surface area contributed by atoms with Crippen LogP contribution >= 0.6 is 31.3 Å². The predicted molar refractivity (Wildman–Crippen MR) is 107 cm³/mol. The van der Waals surface area contributed by atoms with Crippen LogP contribution in [0.1, 0.15) is 24.5 Å². The van der Waals surface area contributed by atoms with E-state index in [-0.39, 0.29) is 6.42 Å². The molecular formula is C10H19N5O15P4. The summed E-state index contributed by atoms with van der Waals surface area (Å²) in [6, 6.07) is 0. The molecule has 6 atom stereocenters. The molecule has 1 fully saturated rings. The lowest BCUT2D eigenvalue weighted by molar-refractivity contribution is -0.0421. The number of nitrogens with two attached hydrogens (primary N) is 1. The molecule has 0 aromatic carbocycles. The lowest BCUT2D eigenvalue weighted by Gasteiger charge is -2.21. The molecule has 1 aromatic rings. The summed E-state index contributed by atoms with van der Waals surface area (Å²) >= 11 is 0. The van der Waals surface area contributed by atoms with Gasteiger partial charge in [-0.3, -0.25) is 18.6 Å². The monoisotopic (exact) mass is 573 g/mol. The zero-order valence-electron chi connectivity index (χ0n) is 16.4. The van der Waals surface area contributed by atoms with Crippen molar-refractivity contribution in [1.29, 1.82) is 0 Å². The maximum absolute atomic E-state index is 11.9. The first-order valence-corrected chi connectivity index (χ1v) is 14.8. The third-order valence-electron chi connectivity index (χ3n) is 4.12. The Morgan fingerprint density at radius 3 is 2.38 bits per heavy atom. The second kappa shape index (κ2) is 9.88. The van der Waals surface area contributed by atoms with Crippen molar-refractivity contribution in [2.24, 2.45) is 10.7 Å². The molecule has 9 N–H and O–H groups in total. The van der Waals surface area contributed by atoms with Gasteiger partial charge in [0.15, 0.2) is 0 Å². The van der Waals surface area contributed by atoms with E-state index in [2.05, 4.69) is 33.0 Å². The van der Waals surface area contributed by atoms with Gasteiger partial charge in [0.25, 0.3) is 0 Å². The summed E-state index contributed by atoms with van der Waals surface area (Å²) in [5.74, 6) is 0.343. The van der Waals surface area contributed by atoms with Crippen LogP contribution in [0.3, 0.4) is 0 Å². The Morgan fingerprint density at radius 1 is 1.09 bits per heavy atom. The summed E-state index contributed by atoms with van der Waals surface area (Å²) in [4.78, 5) is 62.2. The van der Waals surface area contributed by atoms with Crippen LogP contribution < -0.4 is 11.1 Å². The Morgan fingerprint density at radius 2 is 1.76 bits per heavy atom. The summed E-state index contributed by atoms with van der Waals surface area (Å²) in [5.41, 5.74) is 6.13. The number of nitrogens with zero attached hydrogens (tertiary/aromatic N) is 3. The minimum Gasteiger partial charge on any atom is -0.349 e. The summed E-state index contributed by atoms with van der Waals surface area (Å²) in [6.45, 7) is -0.990. The molecule has 24 heteroatoms. The highest BCUT2D eigenvalue weighted by Crippen LogP contribution is 2.66. The molecule has 194 valence electrons. The molecule has 0 radical (unpaired) electrons. The van der Waals surface area contributed by atoms with Gasteiger partial charge in [-0.15, -0.1) is 0 Å². The predicted octanol–water partition coefficient (Wildman–Crippen LogP) is -0.597. The number of hydrogen-bond donors (Lipinski definition) is 8. The summed E-state index contributed by atoms with van der Waals surface area (Å²) in [6.07, 6.45) is -2.33. The fourth-order valence-electron chi connectivity index (χ4n) is 2.99. The van der Waals surface area contributed by atoms with E-state index in [1.807, 2.05) is 0 Å². The average Bonchev–Trinajstić information content (AvgIpc) is 3.20. The van der Waals surface area contributed by atoms with Gasteiger partial charge in [0.1, 0.15) is 36.1 Å². The number of aliphatic imine (C=N–C) groups is 1. The van der Waals surface area contributed by atoms with Crippen LogP contribution in [0.5, 0.6) is 0 Å². The first kappa shape index (κ1) is 27.7. The van der Waals surface area contributed by atoms with Gasteiger partial charge in [-0.2, -0.15) is 8.62 Å². The Bertz CT molecular complexity index is 1130. The van der Waals surface area contributed by atoms with Crippen molar-refractivity contribution < 1.29 is 70.0 Å². The number of imidazole rings is 1. The van der Waals surface area contributed by atoms with E-state index in [1.165, 1.54) is 17.2 Å². The van der Waals surface area contributed by atoms with Crippen molar-refractivity contribution in [3.63, 3.8) is 0 Å². The van der Waals surface area contributed by atoms with Crippen molar-refractivity contribution in [1.82, 2.24) is 9.55 Å². The average molecular weight is 573 g/mol. The number of fused-ring (bicyclic) bond motifs is 1. The standard InChI is InChI=1S/C10H19N5O15P4/c11-9-8-10(13-3-12-9)15(4-14-8)7-1-5(28-31(16,17)18)6(27-7)2-26-33(22,23)30-34(24,25)29-32(19,20)21/h3-7,9H,1-2,11H2,(H,12,13)(H,22,23)(H,24,25)(H2,16,17,18)(H2,19,20,21)/t5-,6+,7+,9?/m0/s1. The van der Waals surface area contributed by atoms with Crippen LogP contribution in [0.2, 0.25) is 0 Å². The van der Waals surface area contributed by atoms with Gasteiger partial charge >= 0.3 is 31.3 Å². The van der Waals surface area contributed by atoms with Gasteiger partial charge in [-0.25, -0.2) is 23.2 Å². The maximum Gasteiger partial charge on any atom is 0.490 e. The van der Waals surface area contributed by atoms with Crippen molar-refractivity contribution in [2.75, 3.05) is 11.9 Å². The highest BCUT2D eigenvalue weighted by atomic mass is 31.3. The van der Waals surface area contributed by atoms with Gasteiger partial charge < -0.3 is 45.1 Å². The lowest BCUT2D eigenvalue weighted by atomic mass is 10.2. The van der Waals surface area contributed by atoms with Crippen LogP contribution in [-0.4, -0.2) is 64.1 Å². The fourth-order valence-corrected chi connectivity index (χ4v) is 6.59. The number of aromatic nitrogens is 2. The molecule has 2 aliphatic heterocycles. The lowest BCUT2D eigenvalue weighted by Crippen LogP contribution is -2.28. The van der Waals surface area contributed by atoms with Gasteiger partial charge in [0, 0.05) is 6.42 Å². The minimum atomic E-state index is -5.76. The van der Waals surface area contributed by atoms with Gasteiger partial charge in [-0.05, 0) is 0 Å². The van der Waals surface area contributed by atoms with E-state index in [4.69, 9.17) is 30.0 Å². The Hall–Kier alpha value is -0.880. The van der Waals surface area contributed by atoms with Crippen LogP contribution in [0, 0.1) is 0 Å². The van der Waals surface area contributed by atoms with Crippen molar-refractivity contribution in [3.05, 3.63) is 12.0 Å². The smallest absolute Gasteiger partial charge is 0.349 e. The fraction of sp³-hybridized carbons (Fsp3) is 0.600.